The molecule has 2 rings (SSSR count). The fourth-order valence-electron chi connectivity index (χ4n) is 1.63. The molecule has 0 fully saturated rings. The summed E-state index contributed by atoms with van der Waals surface area (Å²) >= 11 is 0. The zero-order valence-electron chi connectivity index (χ0n) is 10.0. The highest BCUT2D eigenvalue weighted by Gasteiger charge is 2.21. The first-order chi connectivity index (χ1) is 9.54. The third-order valence-electron chi connectivity index (χ3n) is 2.52. The van der Waals surface area contributed by atoms with E-state index in [1.54, 1.807) is 6.07 Å². The summed E-state index contributed by atoms with van der Waals surface area (Å²) in [6.45, 7) is 0. The number of nitrogen functional groups attached to an aromatic ring is 1. The van der Waals surface area contributed by atoms with Crippen molar-refractivity contribution in [2.45, 2.75) is 0 Å². The molecule has 6 nitrogen and oxygen atoms in total. The second kappa shape index (κ2) is 5.24. The molecule has 0 amide bonds. The summed E-state index contributed by atoms with van der Waals surface area (Å²) in [6, 6.07) is 9.55. The van der Waals surface area contributed by atoms with Crippen molar-refractivity contribution in [1.82, 2.24) is 0 Å². The fourth-order valence-corrected chi connectivity index (χ4v) is 1.63. The van der Waals surface area contributed by atoms with Gasteiger partial charge in [0.1, 0.15) is 28.9 Å². The summed E-state index contributed by atoms with van der Waals surface area (Å²) in [4.78, 5) is 10.3. The third kappa shape index (κ3) is 2.35. The Balaban J connectivity index is 2.52. The minimum Gasteiger partial charge on any atom is -0.449 e. The second-order valence-electron chi connectivity index (χ2n) is 3.78. The van der Waals surface area contributed by atoms with Crippen LogP contribution in [0.15, 0.2) is 36.4 Å². The predicted octanol–water partition coefficient (Wildman–Crippen LogP) is 2.98. The molecule has 0 bridgehead atoms. The number of ether oxygens (including phenoxy) is 1. The number of benzene rings is 2. The maximum absolute atomic E-state index is 13.4. The van der Waals surface area contributed by atoms with Crippen LogP contribution in [-0.2, 0) is 0 Å². The molecule has 7 heteroatoms. The summed E-state index contributed by atoms with van der Waals surface area (Å²) in [5.41, 5.74) is 4.68. The van der Waals surface area contributed by atoms with Gasteiger partial charge in [0.05, 0.1) is 4.92 Å². The Kier molecular flexibility index (Phi) is 3.48. The zero-order chi connectivity index (χ0) is 14.7. The summed E-state index contributed by atoms with van der Waals surface area (Å²) in [7, 11) is 0. The van der Waals surface area contributed by atoms with Gasteiger partial charge >= 0.3 is 5.69 Å². The average Bonchev–Trinajstić information content (AvgIpc) is 2.38. The molecule has 2 aromatic rings. The van der Waals surface area contributed by atoms with Gasteiger partial charge < -0.3 is 10.5 Å². The van der Waals surface area contributed by atoms with Gasteiger partial charge in [0.2, 0.25) is 5.75 Å². The Bertz CT molecular complexity index is 725. The van der Waals surface area contributed by atoms with Crippen molar-refractivity contribution in [2.24, 2.45) is 0 Å². The molecule has 0 unspecified atom stereocenters. The zero-order valence-corrected chi connectivity index (χ0v) is 10.0. The van der Waals surface area contributed by atoms with Crippen LogP contribution in [0.25, 0.3) is 0 Å². The molecule has 0 heterocycles. The van der Waals surface area contributed by atoms with Crippen LogP contribution in [0.1, 0.15) is 5.56 Å². The Morgan fingerprint density at radius 3 is 2.55 bits per heavy atom. The Morgan fingerprint density at radius 2 is 1.90 bits per heavy atom. The number of nitriles is 1. The van der Waals surface area contributed by atoms with Gasteiger partial charge in [-0.15, -0.1) is 0 Å². The van der Waals surface area contributed by atoms with Crippen LogP contribution < -0.4 is 10.5 Å². The number of anilines is 1. The second-order valence-corrected chi connectivity index (χ2v) is 3.78. The van der Waals surface area contributed by atoms with Crippen LogP contribution in [0, 0.1) is 27.3 Å². The molecule has 0 aliphatic heterocycles. The molecular weight excluding hydrogens is 265 g/mol. The van der Waals surface area contributed by atoms with E-state index in [9.17, 15) is 14.5 Å². The lowest BCUT2D eigenvalue weighted by Crippen LogP contribution is -1.99. The van der Waals surface area contributed by atoms with E-state index in [-0.39, 0.29) is 22.7 Å². The van der Waals surface area contributed by atoms with Crippen LogP contribution in [0.2, 0.25) is 0 Å². The van der Waals surface area contributed by atoms with Gasteiger partial charge in [-0.25, -0.2) is 4.39 Å². The smallest absolute Gasteiger partial charge is 0.334 e. The van der Waals surface area contributed by atoms with Crippen molar-refractivity contribution in [3.05, 3.63) is 57.9 Å². The van der Waals surface area contributed by atoms with E-state index in [1.165, 1.54) is 30.3 Å². The summed E-state index contributed by atoms with van der Waals surface area (Å²) in [6.07, 6.45) is 0. The van der Waals surface area contributed by atoms with E-state index in [2.05, 4.69) is 0 Å². The predicted molar refractivity (Wildman–Crippen MR) is 68.7 cm³/mol. The van der Waals surface area contributed by atoms with Gasteiger partial charge in [0, 0.05) is 0 Å². The molecule has 0 saturated carbocycles. The molecule has 0 aromatic heterocycles. The summed E-state index contributed by atoms with van der Waals surface area (Å²) in [5, 5.41) is 19.8. The highest BCUT2D eigenvalue weighted by molar-refractivity contribution is 5.66. The van der Waals surface area contributed by atoms with Crippen molar-refractivity contribution in [3.63, 3.8) is 0 Å². The lowest BCUT2D eigenvalue weighted by Gasteiger charge is -2.09. The summed E-state index contributed by atoms with van der Waals surface area (Å²) < 4.78 is 18.7. The highest BCUT2D eigenvalue weighted by Crippen LogP contribution is 2.37. The van der Waals surface area contributed by atoms with Crippen LogP contribution in [0.3, 0.4) is 0 Å². The van der Waals surface area contributed by atoms with Crippen LogP contribution in [-0.4, -0.2) is 4.92 Å². The SMILES string of the molecule is N#Cc1c(F)cccc1Oc1cccc(N)c1[N+](=O)[O-]. The van der Waals surface area contributed by atoms with Crippen molar-refractivity contribution in [1.29, 1.82) is 5.26 Å². The molecule has 0 saturated heterocycles. The fraction of sp³-hybridized carbons (Fsp3) is 0. The van der Waals surface area contributed by atoms with Crippen LogP contribution in [0.4, 0.5) is 15.8 Å². The lowest BCUT2D eigenvalue weighted by molar-refractivity contribution is -0.384. The van der Waals surface area contributed by atoms with Gasteiger partial charge in [-0.3, -0.25) is 10.1 Å². The van der Waals surface area contributed by atoms with Gasteiger partial charge in [0.15, 0.2) is 0 Å². The Morgan fingerprint density at radius 1 is 1.25 bits per heavy atom. The third-order valence-corrected chi connectivity index (χ3v) is 2.52. The Labute approximate surface area is 113 Å². The van der Waals surface area contributed by atoms with E-state index >= 15 is 0 Å². The van der Waals surface area contributed by atoms with Crippen molar-refractivity contribution in [3.8, 4) is 17.6 Å². The highest BCUT2D eigenvalue weighted by atomic mass is 19.1. The first kappa shape index (κ1) is 13.3. The minimum absolute atomic E-state index is 0.0811. The molecule has 100 valence electrons. The first-order valence-corrected chi connectivity index (χ1v) is 5.44. The molecule has 0 atom stereocenters. The lowest BCUT2D eigenvalue weighted by atomic mass is 10.2. The topological polar surface area (TPSA) is 102 Å². The summed E-state index contributed by atoms with van der Waals surface area (Å²) in [5.74, 6) is -1.03. The average molecular weight is 273 g/mol. The number of nitrogens with zero attached hydrogens (tertiary/aromatic N) is 2. The molecule has 2 N–H and O–H groups in total. The van der Waals surface area contributed by atoms with Gasteiger partial charge in [-0.1, -0.05) is 12.1 Å². The first-order valence-electron chi connectivity index (χ1n) is 5.44. The monoisotopic (exact) mass is 273 g/mol. The van der Waals surface area contributed by atoms with Gasteiger partial charge in [-0.2, -0.15) is 5.26 Å². The molecule has 0 aliphatic carbocycles. The number of nitro groups is 1. The quantitative estimate of drug-likeness (QED) is 0.526. The molecule has 20 heavy (non-hydrogen) atoms. The molecule has 0 aliphatic rings. The van der Waals surface area contributed by atoms with Crippen molar-refractivity contribution in [2.75, 3.05) is 5.73 Å². The normalized spacial score (nSPS) is 9.80. The number of para-hydroxylation sites is 1. The maximum atomic E-state index is 13.4. The van der Waals surface area contributed by atoms with E-state index in [0.717, 1.165) is 6.07 Å². The van der Waals surface area contributed by atoms with Gasteiger partial charge in [0.25, 0.3) is 0 Å². The van der Waals surface area contributed by atoms with E-state index in [0.29, 0.717) is 0 Å². The molecule has 0 radical (unpaired) electrons. The van der Waals surface area contributed by atoms with Crippen molar-refractivity contribution < 1.29 is 14.1 Å². The largest absolute Gasteiger partial charge is 0.449 e. The van der Waals surface area contributed by atoms with E-state index in [4.69, 9.17) is 15.7 Å². The maximum Gasteiger partial charge on any atom is 0.334 e. The molecular formula is C13H8FN3O3. The molecule has 2 aromatic carbocycles. The van der Waals surface area contributed by atoms with Crippen molar-refractivity contribution >= 4 is 11.4 Å². The van der Waals surface area contributed by atoms with Gasteiger partial charge in [-0.05, 0) is 24.3 Å². The number of nitro benzene ring substituents is 1. The minimum atomic E-state index is -0.767. The van der Waals surface area contributed by atoms with Crippen LogP contribution >= 0.6 is 0 Å². The van der Waals surface area contributed by atoms with E-state index < -0.39 is 16.4 Å². The number of nitrogens with two attached hydrogens (primary N) is 1. The number of hydrogen-bond acceptors (Lipinski definition) is 5. The number of rotatable bonds is 3. The van der Waals surface area contributed by atoms with E-state index in [1.807, 2.05) is 0 Å². The standard InChI is InChI=1S/C13H8FN3O3/c14-9-3-1-5-11(8(9)7-15)20-12-6-2-4-10(16)13(12)17(18)19/h1-6H,16H2. The number of hydrogen-bond donors (Lipinski definition) is 1. The van der Waals surface area contributed by atoms with Crippen LogP contribution in [0.5, 0.6) is 11.5 Å². The Hall–Kier alpha value is -3.14. The molecule has 0 spiro atoms. The number of halogens is 1.